The fourth-order valence-electron chi connectivity index (χ4n) is 3.46. The number of fused-ring (bicyclic) bond motifs is 1. The van der Waals surface area contributed by atoms with Crippen molar-refractivity contribution >= 4 is 11.6 Å². The van der Waals surface area contributed by atoms with Crippen LogP contribution in [0, 0.1) is 13.8 Å². The Morgan fingerprint density at radius 2 is 2.30 bits per heavy atom. The number of aryl methyl sites for hydroxylation is 1. The topological polar surface area (TPSA) is 30.5 Å². The molecule has 1 fully saturated rings. The molecule has 3 nitrogen and oxygen atoms in total. The predicted octanol–water partition coefficient (Wildman–Crippen LogP) is 3.55. The summed E-state index contributed by atoms with van der Waals surface area (Å²) in [5.74, 6) is 0.956. The van der Waals surface area contributed by atoms with E-state index in [1.807, 2.05) is 13.8 Å². The molecule has 2 aliphatic rings. The Morgan fingerprint density at radius 1 is 1.50 bits per heavy atom. The molecule has 1 N–H and O–H groups in total. The maximum Gasteiger partial charge on any atom is 0.126 e. The van der Waals surface area contributed by atoms with Crippen LogP contribution in [0.25, 0.3) is 0 Å². The first-order valence-electron chi connectivity index (χ1n) is 7.37. The fraction of sp³-hybridized carbons (Fsp3) is 0.625. The van der Waals surface area contributed by atoms with Gasteiger partial charge >= 0.3 is 0 Å². The number of hydrogen-bond donors (Lipinski definition) is 1. The van der Waals surface area contributed by atoms with Crippen LogP contribution in [0.2, 0.25) is 5.02 Å². The van der Waals surface area contributed by atoms with Gasteiger partial charge in [0.25, 0.3) is 0 Å². The van der Waals surface area contributed by atoms with Crippen LogP contribution in [-0.4, -0.2) is 25.3 Å². The molecule has 0 amide bonds. The van der Waals surface area contributed by atoms with E-state index < -0.39 is 0 Å². The molecule has 0 bridgehead atoms. The lowest BCUT2D eigenvalue weighted by Crippen LogP contribution is -2.43. The van der Waals surface area contributed by atoms with E-state index in [0.717, 1.165) is 53.4 Å². The average Bonchev–Trinajstić information content (AvgIpc) is 2.84. The highest BCUT2D eigenvalue weighted by Gasteiger charge is 2.44. The van der Waals surface area contributed by atoms with Crippen molar-refractivity contribution in [3.63, 3.8) is 0 Å². The Hall–Kier alpha value is -0.770. The Balaban J connectivity index is 2.08. The lowest BCUT2D eigenvalue weighted by Gasteiger charge is -2.40. The van der Waals surface area contributed by atoms with Crippen LogP contribution in [0.3, 0.4) is 0 Å². The highest BCUT2D eigenvalue weighted by atomic mass is 35.5. The number of rotatable bonds is 2. The zero-order valence-electron chi connectivity index (χ0n) is 12.4. The third-order valence-corrected chi connectivity index (χ3v) is 5.05. The van der Waals surface area contributed by atoms with Crippen molar-refractivity contribution in [1.82, 2.24) is 5.32 Å². The van der Waals surface area contributed by atoms with Gasteiger partial charge in [0.05, 0.1) is 6.10 Å². The van der Waals surface area contributed by atoms with Crippen LogP contribution in [-0.2, 0) is 4.74 Å². The van der Waals surface area contributed by atoms with Crippen molar-refractivity contribution in [1.29, 1.82) is 0 Å². The number of hydrogen-bond acceptors (Lipinski definition) is 3. The van der Waals surface area contributed by atoms with Gasteiger partial charge in [0.2, 0.25) is 0 Å². The van der Waals surface area contributed by atoms with Gasteiger partial charge in [0.1, 0.15) is 11.4 Å². The first-order valence-corrected chi connectivity index (χ1v) is 7.75. The van der Waals surface area contributed by atoms with Crippen LogP contribution >= 0.6 is 11.6 Å². The molecular formula is C16H22ClNO2. The largest absolute Gasteiger partial charge is 0.485 e. The molecule has 20 heavy (non-hydrogen) atoms. The third kappa shape index (κ3) is 2.22. The van der Waals surface area contributed by atoms with Crippen LogP contribution in [0.15, 0.2) is 6.07 Å². The van der Waals surface area contributed by atoms with Gasteiger partial charge in [-0.2, -0.15) is 0 Å². The summed E-state index contributed by atoms with van der Waals surface area (Å²) in [5, 5.41) is 4.24. The van der Waals surface area contributed by atoms with Crippen molar-refractivity contribution in [2.45, 2.75) is 45.3 Å². The van der Waals surface area contributed by atoms with Gasteiger partial charge in [-0.1, -0.05) is 11.6 Å². The average molecular weight is 296 g/mol. The molecule has 0 aromatic heterocycles. The summed E-state index contributed by atoms with van der Waals surface area (Å²) in [5.41, 5.74) is 3.20. The summed E-state index contributed by atoms with van der Waals surface area (Å²) in [7, 11) is 0. The second kappa shape index (κ2) is 5.21. The molecule has 2 atom stereocenters. The molecule has 1 aromatic carbocycles. The zero-order chi connectivity index (χ0) is 14.3. The Bertz CT molecular complexity index is 524. The highest BCUT2D eigenvalue weighted by molar-refractivity contribution is 6.32. The number of nitrogens with one attached hydrogen (secondary N) is 1. The van der Waals surface area contributed by atoms with E-state index in [4.69, 9.17) is 21.1 Å². The summed E-state index contributed by atoms with van der Waals surface area (Å²) in [4.78, 5) is 0. The lowest BCUT2D eigenvalue weighted by atomic mass is 9.85. The highest BCUT2D eigenvalue weighted by Crippen LogP contribution is 2.47. The van der Waals surface area contributed by atoms with Gasteiger partial charge in [-0.25, -0.2) is 0 Å². The summed E-state index contributed by atoms with van der Waals surface area (Å²) >= 11 is 6.41. The van der Waals surface area contributed by atoms with E-state index in [9.17, 15) is 0 Å². The Labute approximate surface area is 125 Å². The molecule has 1 saturated heterocycles. The van der Waals surface area contributed by atoms with Crippen molar-refractivity contribution in [2.24, 2.45) is 0 Å². The molecule has 0 aliphatic carbocycles. The van der Waals surface area contributed by atoms with Crippen molar-refractivity contribution in [3.8, 4) is 5.75 Å². The normalized spacial score (nSPS) is 28.5. The number of halogens is 1. The minimum Gasteiger partial charge on any atom is -0.485 e. The van der Waals surface area contributed by atoms with E-state index in [2.05, 4.69) is 18.3 Å². The molecule has 1 spiro atoms. The van der Waals surface area contributed by atoms with E-state index in [1.54, 1.807) is 0 Å². The minimum atomic E-state index is -0.112. The van der Waals surface area contributed by atoms with Gasteiger partial charge in [-0.05, 0) is 44.5 Å². The standard InChI is InChI=1S/C16H22ClNO2/c1-4-19-13-8-16(5-6-18-9-16)20-12-7-10(2)15(17)11(3)14(12)13/h7,13,18H,4-6,8-9H2,1-3H3. The second-order valence-electron chi connectivity index (χ2n) is 5.90. The van der Waals surface area contributed by atoms with E-state index in [-0.39, 0.29) is 11.7 Å². The molecular weight excluding hydrogens is 274 g/mol. The van der Waals surface area contributed by atoms with Crippen molar-refractivity contribution < 1.29 is 9.47 Å². The monoisotopic (exact) mass is 295 g/mol. The molecule has 110 valence electrons. The summed E-state index contributed by atoms with van der Waals surface area (Å²) < 4.78 is 12.4. The summed E-state index contributed by atoms with van der Waals surface area (Å²) in [6.45, 7) is 8.76. The summed E-state index contributed by atoms with van der Waals surface area (Å²) in [6.07, 6.45) is 2.03. The quantitative estimate of drug-likeness (QED) is 0.905. The Kier molecular flexibility index (Phi) is 3.69. The maximum atomic E-state index is 6.41. The molecule has 1 aromatic rings. The van der Waals surface area contributed by atoms with Gasteiger partial charge < -0.3 is 14.8 Å². The molecule has 0 radical (unpaired) electrons. The molecule has 2 unspecified atom stereocenters. The Morgan fingerprint density at radius 3 is 2.95 bits per heavy atom. The predicted molar refractivity (Wildman–Crippen MR) is 80.8 cm³/mol. The van der Waals surface area contributed by atoms with Crippen molar-refractivity contribution in [2.75, 3.05) is 19.7 Å². The van der Waals surface area contributed by atoms with Crippen LogP contribution in [0.4, 0.5) is 0 Å². The number of benzene rings is 1. The van der Waals surface area contributed by atoms with Gasteiger partial charge in [-0.15, -0.1) is 0 Å². The van der Waals surface area contributed by atoms with E-state index in [1.165, 1.54) is 0 Å². The molecule has 2 aliphatic heterocycles. The lowest BCUT2D eigenvalue weighted by molar-refractivity contribution is -0.0357. The van der Waals surface area contributed by atoms with Gasteiger partial charge in [0.15, 0.2) is 0 Å². The number of ether oxygens (including phenoxy) is 2. The zero-order valence-corrected chi connectivity index (χ0v) is 13.1. The molecule has 4 heteroatoms. The molecule has 2 heterocycles. The van der Waals surface area contributed by atoms with Gasteiger partial charge in [0, 0.05) is 36.6 Å². The van der Waals surface area contributed by atoms with Crippen LogP contribution in [0.5, 0.6) is 5.75 Å². The smallest absolute Gasteiger partial charge is 0.126 e. The molecule has 3 rings (SSSR count). The fourth-order valence-corrected chi connectivity index (χ4v) is 3.62. The van der Waals surface area contributed by atoms with Gasteiger partial charge in [-0.3, -0.25) is 0 Å². The molecule has 0 saturated carbocycles. The first-order chi connectivity index (χ1) is 9.56. The first kappa shape index (κ1) is 14.2. The SMILES string of the molecule is CCOC1CC2(CCNC2)Oc2cc(C)c(Cl)c(C)c21. The minimum absolute atomic E-state index is 0.0850. The maximum absolute atomic E-state index is 6.41. The van der Waals surface area contributed by atoms with Crippen LogP contribution < -0.4 is 10.1 Å². The third-order valence-electron chi connectivity index (χ3n) is 4.47. The van der Waals surface area contributed by atoms with Crippen LogP contribution in [0.1, 0.15) is 42.6 Å². The van der Waals surface area contributed by atoms with Crippen molar-refractivity contribution in [3.05, 3.63) is 27.8 Å². The summed E-state index contributed by atoms with van der Waals surface area (Å²) in [6, 6.07) is 2.07. The second-order valence-corrected chi connectivity index (χ2v) is 6.28. The van der Waals surface area contributed by atoms with E-state index in [0.29, 0.717) is 6.61 Å². The van der Waals surface area contributed by atoms with E-state index >= 15 is 0 Å².